The molecule has 0 radical (unpaired) electrons. The van der Waals surface area contributed by atoms with E-state index < -0.39 is 0 Å². The predicted octanol–water partition coefficient (Wildman–Crippen LogP) is 3.65. The minimum Gasteiger partial charge on any atom is -0.388 e. The number of hydrogen-bond donors (Lipinski definition) is 1. The molecule has 1 nitrogen and oxygen atoms in total. The molecule has 0 saturated heterocycles. The highest BCUT2D eigenvalue weighted by Gasteiger charge is 2.06. The van der Waals surface area contributed by atoms with Crippen LogP contribution in [0.4, 0.5) is 0 Å². The van der Waals surface area contributed by atoms with Crippen LogP contribution in [0.5, 0.6) is 0 Å². The van der Waals surface area contributed by atoms with Gasteiger partial charge in [-0.25, -0.2) is 0 Å². The molecule has 0 aromatic heterocycles. The van der Waals surface area contributed by atoms with E-state index in [0.29, 0.717) is 0 Å². The summed E-state index contributed by atoms with van der Waals surface area (Å²) < 4.78 is 0. The molecule has 0 aliphatic rings. The molecule has 0 aliphatic heterocycles. The Kier molecular flexibility index (Phi) is 4.65. The lowest BCUT2D eigenvalue weighted by Crippen LogP contribution is -2.00. The normalized spacial score (nSPS) is 12.3. The summed E-state index contributed by atoms with van der Waals surface area (Å²) in [5.74, 6) is 1.68. The maximum absolute atomic E-state index is 9.98. The minimum atomic E-state index is -0.370. The standard InChI is InChI=1S/C15H16OS/c16-15(14-9-5-2-6-10-14)12-17-11-13-7-3-1-4-8-13/h1-10,15-16H,11-12H2. The van der Waals surface area contributed by atoms with Gasteiger partial charge in [-0.15, -0.1) is 0 Å². The molecule has 0 fully saturated rings. The number of aliphatic hydroxyl groups is 1. The third-order valence-corrected chi connectivity index (χ3v) is 3.66. The molecule has 2 aromatic rings. The highest BCUT2D eigenvalue weighted by atomic mass is 32.2. The first-order valence-electron chi connectivity index (χ1n) is 5.71. The number of thioether (sulfide) groups is 1. The molecular formula is C15H16OS. The second-order valence-corrected chi connectivity index (χ2v) is 4.96. The van der Waals surface area contributed by atoms with Crippen LogP contribution in [0, 0.1) is 0 Å². The van der Waals surface area contributed by atoms with Gasteiger partial charge in [0.15, 0.2) is 0 Å². The lowest BCUT2D eigenvalue weighted by Gasteiger charge is -2.10. The van der Waals surface area contributed by atoms with Crippen molar-refractivity contribution in [2.24, 2.45) is 0 Å². The lowest BCUT2D eigenvalue weighted by molar-refractivity contribution is 0.204. The molecule has 0 spiro atoms. The lowest BCUT2D eigenvalue weighted by atomic mass is 10.1. The largest absolute Gasteiger partial charge is 0.388 e. The van der Waals surface area contributed by atoms with Gasteiger partial charge < -0.3 is 5.11 Å². The number of aliphatic hydroxyl groups excluding tert-OH is 1. The zero-order chi connectivity index (χ0) is 11.9. The Morgan fingerprint density at radius 3 is 2.12 bits per heavy atom. The number of hydrogen-bond acceptors (Lipinski definition) is 2. The molecule has 0 aliphatic carbocycles. The molecule has 1 atom stereocenters. The molecule has 2 heteroatoms. The molecule has 0 amide bonds. The molecular weight excluding hydrogens is 228 g/mol. The topological polar surface area (TPSA) is 20.2 Å². The Labute approximate surface area is 107 Å². The highest BCUT2D eigenvalue weighted by molar-refractivity contribution is 7.98. The average Bonchev–Trinajstić information content (AvgIpc) is 2.41. The van der Waals surface area contributed by atoms with Crippen molar-refractivity contribution in [1.82, 2.24) is 0 Å². The maximum Gasteiger partial charge on any atom is 0.0880 e. The molecule has 1 unspecified atom stereocenters. The van der Waals surface area contributed by atoms with Crippen LogP contribution < -0.4 is 0 Å². The van der Waals surface area contributed by atoms with E-state index >= 15 is 0 Å². The van der Waals surface area contributed by atoms with Crippen LogP contribution in [0.1, 0.15) is 17.2 Å². The predicted molar refractivity (Wildman–Crippen MR) is 74.0 cm³/mol. The molecule has 17 heavy (non-hydrogen) atoms. The van der Waals surface area contributed by atoms with Gasteiger partial charge in [0.25, 0.3) is 0 Å². The van der Waals surface area contributed by atoms with Crippen LogP contribution in [-0.4, -0.2) is 10.9 Å². The minimum absolute atomic E-state index is 0.370. The quantitative estimate of drug-likeness (QED) is 0.866. The summed E-state index contributed by atoms with van der Waals surface area (Å²) in [7, 11) is 0. The third-order valence-electron chi connectivity index (χ3n) is 2.57. The van der Waals surface area contributed by atoms with Crippen molar-refractivity contribution in [2.75, 3.05) is 5.75 Å². The van der Waals surface area contributed by atoms with E-state index in [2.05, 4.69) is 12.1 Å². The SMILES string of the molecule is OC(CSCc1ccccc1)c1ccccc1. The summed E-state index contributed by atoms with van der Waals surface area (Å²) in [6.07, 6.45) is -0.370. The summed E-state index contributed by atoms with van der Waals surface area (Å²) in [5.41, 5.74) is 2.30. The molecule has 1 N–H and O–H groups in total. The van der Waals surface area contributed by atoms with Gasteiger partial charge in [0, 0.05) is 11.5 Å². The Hall–Kier alpha value is -1.25. The first kappa shape index (κ1) is 12.2. The van der Waals surface area contributed by atoms with Crippen LogP contribution in [0.2, 0.25) is 0 Å². The average molecular weight is 244 g/mol. The van der Waals surface area contributed by atoms with E-state index in [1.807, 2.05) is 48.5 Å². The summed E-state index contributed by atoms with van der Waals surface area (Å²) in [5, 5.41) is 9.98. The van der Waals surface area contributed by atoms with Gasteiger partial charge in [0.05, 0.1) is 6.10 Å². The van der Waals surface area contributed by atoms with Gasteiger partial charge in [0.1, 0.15) is 0 Å². The van der Waals surface area contributed by atoms with Gasteiger partial charge in [-0.05, 0) is 11.1 Å². The van der Waals surface area contributed by atoms with Crippen molar-refractivity contribution in [3.05, 3.63) is 71.8 Å². The summed E-state index contributed by atoms with van der Waals surface area (Å²) >= 11 is 1.76. The first-order chi connectivity index (χ1) is 8.36. The number of benzene rings is 2. The second kappa shape index (κ2) is 6.48. The fourth-order valence-electron chi connectivity index (χ4n) is 1.63. The van der Waals surface area contributed by atoms with E-state index in [1.165, 1.54) is 5.56 Å². The van der Waals surface area contributed by atoms with Crippen LogP contribution in [0.3, 0.4) is 0 Å². The number of rotatable bonds is 5. The first-order valence-corrected chi connectivity index (χ1v) is 6.86. The summed E-state index contributed by atoms with van der Waals surface area (Å²) in [6, 6.07) is 20.2. The van der Waals surface area contributed by atoms with E-state index in [-0.39, 0.29) is 6.10 Å². The molecule has 2 aromatic carbocycles. The molecule has 88 valence electrons. The molecule has 0 bridgehead atoms. The van der Waals surface area contributed by atoms with Crippen LogP contribution in [0.25, 0.3) is 0 Å². The van der Waals surface area contributed by atoms with E-state index in [9.17, 15) is 5.11 Å². The van der Waals surface area contributed by atoms with Crippen molar-refractivity contribution in [3.8, 4) is 0 Å². The van der Waals surface area contributed by atoms with Crippen molar-refractivity contribution in [1.29, 1.82) is 0 Å². The smallest absolute Gasteiger partial charge is 0.0880 e. The highest BCUT2D eigenvalue weighted by Crippen LogP contribution is 2.20. The Balaban J connectivity index is 1.79. The monoisotopic (exact) mass is 244 g/mol. The van der Waals surface area contributed by atoms with E-state index in [1.54, 1.807) is 11.8 Å². The van der Waals surface area contributed by atoms with Gasteiger partial charge in [-0.1, -0.05) is 60.7 Å². The Bertz CT molecular complexity index is 427. The van der Waals surface area contributed by atoms with Crippen molar-refractivity contribution < 1.29 is 5.11 Å². The van der Waals surface area contributed by atoms with Crippen molar-refractivity contribution in [3.63, 3.8) is 0 Å². The van der Waals surface area contributed by atoms with Gasteiger partial charge in [-0.2, -0.15) is 11.8 Å². The maximum atomic E-state index is 9.98. The van der Waals surface area contributed by atoms with Gasteiger partial charge >= 0.3 is 0 Å². The molecule has 0 heterocycles. The van der Waals surface area contributed by atoms with Gasteiger partial charge in [-0.3, -0.25) is 0 Å². The van der Waals surface area contributed by atoms with E-state index in [0.717, 1.165) is 17.1 Å². The molecule has 2 rings (SSSR count). The zero-order valence-electron chi connectivity index (χ0n) is 9.62. The summed E-state index contributed by atoms with van der Waals surface area (Å²) in [6.45, 7) is 0. The van der Waals surface area contributed by atoms with E-state index in [4.69, 9.17) is 0 Å². The Morgan fingerprint density at radius 1 is 0.882 bits per heavy atom. The third kappa shape index (κ3) is 3.91. The Morgan fingerprint density at radius 2 is 1.47 bits per heavy atom. The van der Waals surface area contributed by atoms with Crippen molar-refractivity contribution >= 4 is 11.8 Å². The van der Waals surface area contributed by atoms with Crippen molar-refractivity contribution in [2.45, 2.75) is 11.9 Å². The van der Waals surface area contributed by atoms with Crippen LogP contribution >= 0.6 is 11.8 Å². The molecule has 0 saturated carbocycles. The van der Waals surface area contributed by atoms with Crippen LogP contribution in [-0.2, 0) is 5.75 Å². The summed E-state index contributed by atoms with van der Waals surface area (Å²) in [4.78, 5) is 0. The second-order valence-electron chi connectivity index (χ2n) is 3.93. The zero-order valence-corrected chi connectivity index (χ0v) is 10.4. The van der Waals surface area contributed by atoms with Crippen LogP contribution in [0.15, 0.2) is 60.7 Å². The fraction of sp³-hybridized carbons (Fsp3) is 0.200. The van der Waals surface area contributed by atoms with Gasteiger partial charge in [0.2, 0.25) is 0 Å². The fourth-order valence-corrected chi connectivity index (χ4v) is 2.60.